The van der Waals surface area contributed by atoms with Crippen molar-refractivity contribution in [3.05, 3.63) is 59.8 Å². The third-order valence-electron chi connectivity index (χ3n) is 7.58. The Labute approximate surface area is 225 Å². The molecule has 1 unspecified atom stereocenters. The standard InChI is InChI=1S/C27H31FN6O4S/c1-4-20-19(14-38-34-20)27(35)33-24(16-7-5-15(2)6-8-16)26-31-21-10-9-17(23(28)25(21)32-26)18-13-30-12-11-22(18)39(36,37)29-3/h9-16,24,29H,4-8H2,1-3H3,(H,31,32)(H,33,35). The van der Waals surface area contributed by atoms with Crippen LogP contribution in [0.4, 0.5) is 4.39 Å². The first-order valence-corrected chi connectivity index (χ1v) is 14.5. The van der Waals surface area contributed by atoms with E-state index in [1.807, 2.05) is 6.92 Å². The number of rotatable bonds is 8. The first-order valence-electron chi connectivity index (χ1n) is 13.0. The number of aromatic amines is 1. The van der Waals surface area contributed by atoms with Crippen molar-refractivity contribution in [1.82, 2.24) is 30.1 Å². The predicted octanol–water partition coefficient (Wildman–Crippen LogP) is 4.52. The highest BCUT2D eigenvalue weighted by Gasteiger charge is 2.32. The van der Waals surface area contributed by atoms with Crippen molar-refractivity contribution in [3.63, 3.8) is 0 Å². The summed E-state index contributed by atoms with van der Waals surface area (Å²) >= 11 is 0. The Kier molecular flexibility index (Phi) is 7.50. The lowest BCUT2D eigenvalue weighted by atomic mass is 9.79. The summed E-state index contributed by atoms with van der Waals surface area (Å²) in [6, 6.07) is 4.00. The van der Waals surface area contributed by atoms with Gasteiger partial charge in [0.05, 0.1) is 22.1 Å². The molecule has 1 fully saturated rings. The maximum Gasteiger partial charge on any atom is 0.257 e. The maximum atomic E-state index is 15.9. The molecule has 0 saturated heterocycles. The molecule has 0 aliphatic heterocycles. The Morgan fingerprint density at radius 3 is 2.69 bits per heavy atom. The molecule has 3 heterocycles. The van der Waals surface area contributed by atoms with Crippen molar-refractivity contribution in [1.29, 1.82) is 0 Å². The monoisotopic (exact) mass is 554 g/mol. The second-order valence-corrected chi connectivity index (χ2v) is 11.9. The number of H-pyrrole nitrogens is 1. The van der Waals surface area contributed by atoms with Crippen LogP contribution in [0.2, 0.25) is 0 Å². The summed E-state index contributed by atoms with van der Waals surface area (Å²) in [5.41, 5.74) is 1.62. The summed E-state index contributed by atoms with van der Waals surface area (Å²) in [5, 5.41) is 7.02. The maximum absolute atomic E-state index is 15.9. The summed E-state index contributed by atoms with van der Waals surface area (Å²) in [6.45, 7) is 4.11. The van der Waals surface area contributed by atoms with Gasteiger partial charge >= 0.3 is 0 Å². The van der Waals surface area contributed by atoms with Crippen LogP contribution >= 0.6 is 0 Å². The normalized spacial score (nSPS) is 18.8. The highest BCUT2D eigenvalue weighted by Crippen LogP contribution is 2.38. The number of pyridine rings is 1. The van der Waals surface area contributed by atoms with Gasteiger partial charge in [0.2, 0.25) is 10.0 Å². The van der Waals surface area contributed by atoms with Crippen LogP contribution in [0.1, 0.15) is 67.4 Å². The molecule has 4 aromatic rings. The van der Waals surface area contributed by atoms with Crippen molar-refractivity contribution in [2.24, 2.45) is 11.8 Å². The van der Waals surface area contributed by atoms with Crippen LogP contribution in [0.5, 0.6) is 0 Å². The number of imidazole rings is 1. The Balaban J connectivity index is 1.56. The van der Waals surface area contributed by atoms with Crippen molar-refractivity contribution in [2.75, 3.05) is 7.05 Å². The van der Waals surface area contributed by atoms with E-state index in [2.05, 4.69) is 37.1 Å². The molecule has 3 aromatic heterocycles. The molecule has 1 saturated carbocycles. The summed E-state index contributed by atoms with van der Waals surface area (Å²) in [5.74, 6) is 0.142. The number of aryl methyl sites for hydroxylation is 1. The number of benzene rings is 1. The van der Waals surface area contributed by atoms with E-state index in [-0.39, 0.29) is 33.4 Å². The van der Waals surface area contributed by atoms with E-state index < -0.39 is 21.9 Å². The van der Waals surface area contributed by atoms with Crippen LogP contribution in [-0.2, 0) is 16.4 Å². The van der Waals surface area contributed by atoms with E-state index in [0.717, 1.165) is 25.7 Å². The van der Waals surface area contributed by atoms with Gasteiger partial charge in [-0.15, -0.1) is 0 Å². The van der Waals surface area contributed by atoms with E-state index in [0.29, 0.717) is 34.9 Å². The van der Waals surface area contributed by atoms with Crippen LogP contribution in [0.3, 0.4) is 0 Å². The van der Waals surface area contributed by atoms with E-state index in [1.54, 1.807) is 6.07 Å². The number of nitrogens with one attached hydrogen (secondary N) is 3. The van der Waals surface area contributed by atoms with Crippen LogP contribution in [0.15, 0.2) is 46.3 Å². The van der Waals surface area contributed by atoms with E-state index in [9.17, 15) is 13.2 Å². The fraction of sp³-hybridized carbons (Fsp3) is 0.407. The average molecular weight is 555 g/mol. The Morgan fingerprint density at radius 1 is 1.21 bits per heavy atom. The molecular formula is C27H31FN6O4S. The molecule has 1 atom stereocenters. The van der Waals surface area contributed by atoms with Crippen LogP contribution < -0.4 is 10.0 Å². The summed E-state index contributed by atoms with van der Waals surface area (Å²) < 4.78 is 48.4. The molecule has 39 heavy (non-hydrogen) atoms. The Morgan fingerprint density at radius 2 is 1.97 bits per heavy atom. The molecule has 3 N–H and O–H groups in total. The van der Waals surface area contributed by atoms with E-state index >= 15 is 4.39 Å². The van der Waals surface area contributed by atoms with E-state index in [1.165, 1.54) is 37.8 Å². The molecule has 10 nitrogen and oxygen atoms in total. The zero-order valence-corrected chi connectivity index (χ0v) is 22.8. The van der Waals surface area contributed by atoms with E-state index in [4.69, 9.17) is 4.52 Å². The first kappa shape index (κ1) is 26.9. The Hall–Kier alpha value is -3.64. The minimum absolute atomic E-state index is 0.0572. The molecule has 5 rings (SSSR count). The van der Waals surface area contributed by atoms with Crippen LogP contribution in [-0.4, -0.2) is 41.5 Å². The van der Waals surface area contributed by atoms with Gasteiger partial charge in [-0.2, -0.15) is 0 Å². The number of aromatic nitrogens is 4. The summed E-state index contributed by atoms with van der Waals surface area (Å²) in [4.78, 5) is 25.0. The van der Waals surface area contributed by atoms with Crippen LogP contribution in [0.25, 0.3) is 22.2 Å². The van der Waals surface area contributed by atoms with Gasteiger partial charge in [-0.25, -0.2) is 22.5 Å². The number of hydrogen-bond donors (Lipinski definition) is 3. The highest BCUT2D eigenvalue weighted by molar-refractivity contribution is 7.89. The molecule has 0 radical (unpaired) electrons. The molecule has 1 aliphatic rings. The minimum Gasteiger partial charge on any atom is -0.364 e. The quantitative estimate of drug-likeness (QED) is 0.291. The number of halogens is 1. The molecule has 0 spiro atoms. The third kappa shape index (κ3) is 5.18. The van der Waals surface area contributed by atoms with Gasteiger partial charge in [0.1, 0.15) is 23.2 Å². The van der Waals surface area contributed by atoms with Gasteiger partial charge in [0.15, 0.2) is 5.82 Å². The molecule has 0 bridgehead atoms. The predicted molar refractivity (Wildman–Crippen MR) is 143 cm³/mol. The van der Waals surface area contributed by atoms with Crippen LogP contribution in [0, 0.1) is 17.7 Å². The molecule has 1 aliphatic carbocycles. The van der Waals surface area contributed by atoms with Gasteiger partial charge in [-0.05, 0) is 56.3 Å². The number of sulfonamides is 1. The first-order chi connectivity index (χ1) is 18.7. The van der Waals surface area contributed by atoms with Crippen molar-refractivity contribution in [3.8, 4) is 11.1 Å². The smallest absolute Gasteiger partial charge is 0.257 e. The number of carbonyl (C=O) groups is 1. The average Bonchev–Trinajstić information content (AvgIpc) is 3.60. The highest BCUT2D eigenvalue weighted by atomic mass is 32.2. The second kappa shape index (κ2) is 10.9. The lowest BCUT2D eigenvalue weighted by Gasteiger charge is -2.32. The topological polar surface area (TPSA) is 143 Å². The van der Waals surface area contributed by atoms with Crippen molar-refractivity contribution < 1.29 is 22.1 Å². The van der Waals surface area contributed by atoms with Gasteiger partial charge in [-0.1, -0.05) is 31.8 Å². The fourth-order valence-corrected chi connectivity index (χ4v) is 6.20. The van der Waals surface area contributed by atoms with Gasteiger partial charge < -0.3 is 14.8 Å². The largest absolute Gasteiger partial charge is 0.364 e. The molecule has 1 amide bonds. The lowest BCUT2D eigenvalue weighted by Crippen LogP contribution is -2.36. The van der Waals surface area contributed by atoms with Gasteiger partial charge in [-0.3, -0.25) is 9.78 Å². The number of nitrogens with zero attached hydrogens (tertiary/aromatic N) is 3. The Bertz CT molecular complexity index is 1610. The molecular weight excluding hydrogens is 523 g/mol. The number of fused-ring (bicyclic) bond motifs is 1. The number of hydrogen-bond acceptors (Lipinski definition) is 7. The lowest BCUT2D eigenvalue weighted by molar-refractivity contribution is 0.0903. The van der Waals surface area contributed by atoms with Crippen molar-refractivity contribution in [2.45, 2.75) is 56.9 Å². The SMILES string of the molecule is CCc1nocc1C(=O)NC(c1nc2c(F)c(-c3cnccc3S(=O)(=O)NC)ccc2[nH]1)C1CCC(C)CC1. The molecule has 12 heteroatoms. The number of carbonyl (C=O) groups excluding carboxylic acids is 1. The second-order valence-electron chi connectivity index (χ2n) is 10.0. The summed E-state index contributed by atoms with van der Waals surface area (Å²) in [7, 11) is -2.57. The van der Waals surface area contributed by atoms with Gasteiger partial charge in [0.25, 0.3) is 5.91 Å². The zero-order valence-electron chi connectivity index (χ0n) is 22.0. The van der Waals surface area contributed by atoms with Gasteiger partial charge in [0, 0.05) is 23.5 Å². The van der Waals surface area contributed by atoms with Crippen molar-refractivity contribution >= 4 is 27.0 Å². The number of amides is 1. The fourth-order valence-electron chi connectivity index (χ4n) is 5.29. The third-order valence-corrected chi connectivity index (χ3v) is 9.05. The molecule has 1 aromatic carbocycles. The minimum atomic E-state index is -3.86. The summed E-state index contributed by atoms with van der Waals surface area (Å²) in [6.07, 6.45) is 8.36. The molecule has 206 valence electrons. The zero-order chi connectivity index (χ0) is 27.7.